The first-order valence-electron chi connectivity index (χ1n) is 5.10. The number of hydrogen-bond acceptors (Lipinski definition) is 5. The average molecular weight is 221 g/mol. The molecule has 4 N–H and O–H groups in total. The molecule has 0 aliphatic carbocycles. The maximum atomic E-state index is 5.58. The molecule has 0 fully saturated rings. The highest BCUT2D eigenvalue weighted by molar-refractivity contribution is 5.72. The molecule has 0 aromatic carbocycles. The Morgan fingerprint density at radius 3 is 3.12 bits per heavy atom. The van der Waals surface area contributed by atoms with Gasteiger partial charge in [-0.05, 0) is 12.1 Å². The van der Waals surface area contributed by atoms with Gasteiger partial charge in [0, 0.05) is 13.7 Å². The predicted molar refractivity (Wildman–Crippen MR) is 61.9 cm³/mol. The number of nitrogen functional groups attached to an aromatic ring is 1. The molecule has 6 nitrogen and oxygen atoms in total. The Bertz CT molecular complexity index is 467. The Morgan fingerprint density at radius 2 is 2.31 bits per heavy atom. The number of nitrogens with two attached hydrogens (primary N) is 1. The van der Waals surface area contributed by atoms with Gasteiger partial charge in [-0.1, -0.05) is 0 Å². The lowest BCUT2D eigenvalue weighted by Crippen LogP contribution is -2.19. The number of nitrogens with one attached hydrogen (secondary N) is 2. The second kappa shape index (κ2) is 4.91. The van der Waals surface area contributed by atoms with Crippen LogP contribution in [0.2, 0.25) is 0 Å². The van der Waals surface area contributed by atoms with Crippen LogP contribution in [0.25, 0.3) is 11.2 Å². The van der Waals surface area contributed by atoms with Gasteiger partial charge in [0.25, 0.3) is 0 Å². The lowest BCUT2D eigenvalue weighted by atomic mass is 10.4. The number of anilines is 1. The largest absolute Gasteiger partial charge is 0.384 e. The first-order chi connectivity index (χ1) is 7.79. The van der Waals surface area contributed by atoms with Crippen molar-refractivity contribution in [1.82, 2.24) is 20.3 Å². The van der Waals surface area contributed by atoms with Crippen molar-refractivity contribution in [2.24, 2.45) is 0 Å². The Morgan fingerprint density at radius 1 is 1.44 bits per heavy atom. The summed E-state index contributed by atoms with van der Waals surface area (Å²) in [5, 5.41) is 3.20. The van der Waals surface area contributed by atoms with Crippen molar-refractivity contribution < 1.29 is 4.74 Å². The van der Waals surface area contributed by atoms with Crippen LogP contribution in [0.1, 0.15) is 5.82 Å². The minimum Gasteiger partial charge on any atom is -0.384 e. The van der Waals surface area contributed by atoms with Crippen molar-refractivity contribution >= 4 is 17.0 Å². The van der Waals surface area contributed by atoms with Crippen LogP contribution >= 0.6 is 0 Å². The van der Waals surface area contributed by atoms with E-state index in [4.69, 9.17) is 10.5 Å². The van der Waals surface area contributed by atoms with E-state index in [1.807, 2.05) is 6.07 Å². The summed E-state index contributed by atoms with van der Waals surface area (Å²) in [5.41, 5.74) is 7.13. The van der Waals surface area contributed by atoms with Gasteiger partial charge >= 0.3 is 0 Å². The lowest BCUT2D eigenvalue weighted by Gasteiger charge is -1.99. The first kappa shape index (κ1) is 10.8. The fraction of sp³-hybridized carbons (Fsp3) is 0.400. The molecule has 0 aliphatic heterocycles. The van der Waals surface area contributed by atoms with Crippen molar-refractivity contribution in [2.45, 2.75) is 6.54 Å². The average Bonchev–Trinajstić information content (AvgIpc) is 2.66. The van der Waals surface area contributed by atoms with Crippen LogP contribution in [0.5, 0.6) is 0 Å². The second-order valence-electron chi connectivity index (χ2n) is 3.46. The number of ether oxygens (including phenoxy) is 1. The highest BCUT2D eigenvalue weighted by Crippen LogP contribution is 2.10. The van der Waals surface area contributed by atoms with E-state index < -0.39 is 0 Å². The Balaban J connectivity index is 2.02. The topological polar surface area (TPSA) is 88.8 Å². The van der Waals surface area contributed by atoms with Gasteiger partial charge < -0.3 is 20.8 Å². The number of hydrogen-bond donors (Lipinski definition) is 3. The number of aromatic nitrogens is 3. The van der Waals surface area contributed by atoms with E-state index in [2.05, 4.69) is 20.3 Å². The molecule has 0 aliphatic rings. The van der Waals surface area contributed by atoms with E-state index >= 15 is 0 Å². The highest BCUT2D eigenvalue weighted by Gasteiger charge is 2.03. The maximum Gasteiger partial charge on any atom is 0.179 e. The Kier molecular flexibility index (Phi) is 3.33. The highest BCUT2D eigenvalue weighted by atomic mass is 16.5. The summed E-state index contributed by atoms with van der Waals surface area (Å²) in [6.07, 6.45) is 0. The number of pyridine rings is 1. The molecule has 86 valence electrons. The van der Waals surface area contributed by atoms with Crippen LogP contribution in [0.3, 0.4) is 0 Å². The van der Waals surface area contributed by atoms with Crippen molar-refractivity contribution in [3.63, 3.8) is 0 Å². The van der Waals surface area contributed by atoms with Gasteiger partial charge in [0.15, 0.2) is 5.65 Å². The van der Waals surface area contributed by atoms with Gasteiger partial charge in [-0.15, -0.1) is 0 Å². The molecule has 0 bridgehead atoms. The molecule has 2 aromatic rings. The molecule has 2 rings (SSSR count). The monoisotopic (exact) mass is 221 g/mol. The van der Waals surface area contributed by atoms with E-state index in [-0.39, 0.29) is 0 Å². The summed E-state index contributed by atoms with van der Waals surface area (Å²) in [4.78, 5) is 11.6. The van der Waals surface area contributed by atoms with Gasteiger partial charge in [-0.3, -0.25) is 0 Å². The van der Waals surface area contributed by atoms with Gasteiger partial charge in [0.05, 0.1) is 18.7 Å². The fourth-order valence-corrected chi connectivity index (χ4v) is 1.42. The smallest absolute Gasteiger partial charge is 0.179 e. The summed E-state index contributed by atoms with van der Waals surface area (Å²) < 4.78 is 4.93. The SMILES string of the molecule is COCCNCc1nc2nc(N)ccc2[nH]1. The minimum absolute atomic E-state index is 0.484. The van der Waals surface area contributed by atoms with Crippen LogP contribution in [-0.4, -0.2) is 35.2 Å². The standard InChI is InChI=1S/C10H15N5O/c1-16-5-4-12-6-9-13-7-2-3-8(11)14-10(7)15-9/h2-3,12H,4-6H2,1H3,(H3,11,13,14,15). The number of aromatic amines is 1. The Labute approximate surface area is 93.2 Å². The molecule has 0 spiro atoms. The number of H-pyrrole nitrogens is 1. The predicted octanol–water partition coefficient (Wildman–Crippen LogP) is 0.276. The normalized spacial score (nSPS) is 11.1. The number of imidazole rings is 1. The molecule has 16 heavy (non-hydrogen) atoms. The summed E-state index contributed by atoms with van der Waals surface area (Å²) in [6.45, 7) is 2.15. The van der Waals surface area contributed by atoms with Crippen molar-refractivity contribution in [1.29, 1.82) is 0 Å². The van der Waals surface area contributed by atoms with Crippen LogP contribution in [0.15, 0.2) is 12.1 Å². The fourth-order valence-electron chi connectivity index (χ4n) is 1.42. The molecule has 2 aromatic heterocycles. The summed E-state index contributed by atoms with van der Waals surface area (Å²) in [6, 6.07) is 3.63. The van der Waals surface area contributed by atoms with Crippen molar-refractivity contribution in [2.75, 3.05) is 26.0 Å². The number of fused-ring (bicyclic) bond motifs is 1. The summed E-state index contributed by atoms with van der Waals surface area (Å²) in [5.74, 6) is 1.34. The third-order valence-electron chi connectivity index (χ3n) is 2.19. The molecule has 0 saturated heterocycles. The van der Waals surface area contributed by atoms with Crippen LogP contribution < -0.4 is 11.1 Å². The van der Waals surface area contributed by atoms with Gasteiger partial charge in [-0.2, -0.15) is 0 Å². The van der Waals surface area contributed by atoms with Gasteiger partial charge in [-0.25, -0.2) is 9.97 Å². The number of methoxy groups -OCH3 is 1. The van der Waals surface area contributed by atoms with Crippen LogP contribution in [0.4, 0.5) is 5.82 Å². The molecular weight excluding hydrogens is 206 g/mol. The molecular formula is C10H15N5O. The molecule has 0 unspecified atom stereocenters. The minimum atomic E-state index is 0.484. The Hall–Kier alpha value is -1.66. The quantitative estimate of drug-likeness (QED) is 0.631. The zero-order valence-electron chi connectivity index (χ0n) is 9.16. The summed E-state index contributed by atoms with van der Waals surface area (Å²) in [7, 11) is 1.68. The van der Waals surface area contributed by atoms with E-state index in [1.165, 1.54) is 0 Å². The third kappa shape index (κ3) is 2.47. The number of rotatable bonds is 5. The maximum absolute atomic E-state index is 5.58. The number of nitrogens with zero attached hydrogens (tertiary/aromatic N) is 2. The molecule has 6 heteroatoms. The van der Waals surface area contributed by atoms with E-state index in [1.54, 1.807) is 13.2 Å². The molecule has 2 heterocycles. The molecule has 0 atom stereocenters. The molecule has 0 amide bonds. The molecule has 0 saturated carbocycles. The van der Waals surface area contributed by atoms with E-state index in [9.17, 15) is 0 Å². The van der Waals surface area contributed by atoms with Crippen LogP contribution in [0, 0.1) is 0 Å². The first-order valence-corrected chi connectivity index (χ1v) is 5.10. The lowest BCUT2D eigenvalue weighted by molar-refractivity contribution is 0.199. The third-order valence-corrected chi connectivity index (χ3v) is 2.19. The van der Waals surface area contributed by atoms with E-state index in [0.717, 1.165) is 17.9 Å². The molecule has 0 radical (unpaired) electrons. The van der Waals surface area contributed by atoms with Gasteiger partial charge in [0.2, 0.25) is 0 Å². The second-order valence-corrected chi connectivity index (χ2v) is 3.46. The van der Waals surface area contributed by atoms with Gasteiger partial charge in [0.1, 0.15) is 11.6 Å². The van der Waals surface area contributed by atoms with Crippen molar-refractivity contribution in [3.8, 4) is 0 Å². The van der Waals surface area contributed by atoms with Crippen molar-refractivity contribution in [3.05, 3.63) is 18.0 Å². The zero-order chi connectivity index (χ0) is 11.4. The van der Waals surface area contributed by atoms with E-state index in [0.29, 0.717) is 24.6 Å². The summed E-state index contributed by atoms with van der Waals surface area (Å²) >= 11 is 0. The van der Waals surface area contributed by atoms with Crippen LogP contribution in [-0.2, 0) is 11.3 Å². The zero-order valence-corrected chi connectivity index (χ0v) is 9.16.